The molecule has 0 saturated carbocycles. The minimum atomic E-state index is -4.27. The van der Waals surface area contributed by atoms with E-state index in [1.807, 2.05) is 50.1 Å². The third kappa shape index (κ3) is 10.4. The van der Waals surface area contributed by atoms with Gasteiger partial charge in [-0.2, -0.15) is 0 Å². The third-order valence-electron chi connectivity index (χ3n) is 5.81. The number of carbonyl (C=O) groups excluding carboxylic acids is 4. The number of amides is 2. The fourth-order valence-electron chi connectivity index (χ4n) is 3.87. The normalized spacial score (nSPS) is 13.9. The molecule has 0 heterocycles. The lowest BCUT2D eigenvalue weighted by atomic mass is 9.95. The summed E-state index contributed by atoms with van der Waals surface area (Å²) < 4.78 is 24.3. The van der Waals surface area contributed by atoms with E-state index in [1.54, 1.807) is 27.7 Å². The first-order valence-electron chi connectivity index (χ1n) is 12.8. The molecule has 0 unspecified atom stereocenters. The lowest BCUT2D eigenvalue weighted by Crippen LogP contribution is -2.56. The van der Waals surface area contributed by atoms with Gasteiger partial charge in [0.25, 0.3) is 5.12 Å². The van der Waals surface area contributed by atoms with Crippen molar-refractivity contribution in [2.75, 3.05) is 0 Å². The molecule has 1 rings (SSSR count). The van der Waals surface area contributed by atoms with Gasteiger partial charge in [0.2, 0.25) is 21.7 Å². The van der Waals surface area contributed by atoms with E-state index >= 15 is 0 Å². The van der Waals surface area contributed by atoms with E-state index in [9.17, 15) is 27.6 Å². The Bertz CT molecular complexity index is 1120. The van der Waals surface area contributed by atoms with Crippen molar-refractivity contribution in [3.63, 3.8) is 0 Å². The zero-order chi connectivity index (χ0) is 29.0. The van der Waals surface area contributed by atoms with E-state index in [4.69, 9.17) is 0 Å². The molecule has 3 N–H and O–H groups in total. The molecule has 1 aromatic carbocycles. The molecule has 0 fully saturated rings. The van der Waals surface area contributed by atoms with Crippen molar-refractivity contribution >= 4 is 32.7 Å². The van der Waals surface area contributed by atoms with E-state index in [-0.39, 0.29) is 36.2 Å². The zero-order valence-electron chi connectivity index (χ0n) is 23.1. The van der Waals surface area contributed by atoms with Crippen LogP contribution in [0.15, 0.2) is 47.9 Å². The summed E-state index contributed by atoms with van der Waals surface area (Å²) in [7, 11) is -4.27. The summed E-state index contributed by atoms with van der Waals surface area (Å²) in [5, 5.41) is 7.73. The molecule has 38 heavy (non-hydrogen) atoms. The Balaban J connectivity index is 3.24. The lowest BCUT2D eigenvalue weighted by Gasteiger charge is -2.27. The van der Waals surface area contributed by atoms with Crippen LogP contribution in [0.5, 0.6) is 0 Å². The molecule has 2 amide bonds. The molecule has 0 radical (unpaired) electrons. The number of hydrogen-bond acceptors (Lipinski definition) is 7. The highest BCUT2D eigenvalue weighted by Crippen LogP contribution is 2.15. The van der Waals surface area contributed by atoms with Gasteiger partial charge >= 0.3 is 0 Å². The fourth-order valence-corrected chi connectivity index (χ4v) is 4.58. The van der Waals surface area contributed by atoms with Crippen molar-refractivity contribution in [2.45, 2.75) is 79.1 Å². The monoisotopic (exact) mass is 547 g/mol. The van der Waals surface area contributed by atoms with Crippen molar-refractivity contribution in [1.82, 2.24) is 16.0 Å². The molecule has 0 aliphatic rings. The summed E-state index contributed by atoms with van der Waals surface area (Å²) in [5.74, 6) is 0.180. The Morgan fingerprint density at radius 3 is 1.89 bits per heavy atom. The number of hydrogen-bond donors (Lipinski definition) is 3. The van der Waals surface area contributed by atoms with E-state index in [0.29, 0.717) is 12.0 Å². The van der Waals surface area contributed by atoms with Crippen molar-refractivity contribution in [3.8, 4) is 0 Å². The van der Waals surface area contributed by atoms with Gasteiger partial charge in [-0.15, -0.1) is 0 Å². The van der Waals surface area contributed by atoms with Crippen molar-refractivity contribution < 1.29 is 27.6 Å². The van der Waals surface area contributed by atoms with Gasteiger partial charge in [-0.3, -0.25) is 19.7 Å². The maximum atomic E-state index is 13.4. The van der Waals surface area contributed by atoms with E-state index < -0.39 is 44.9 Å². The summed E-state index contributed by atoms with van der Waals surface area (Å²) in [6.07, 6.45) is 0.314. The number of carbonyl (C=O) groups is 3. The smallest absolute Gasteiger partial charge is 0.272 e. The highest BCUT2D eigenvalue weighted by molar-refractivity contribution is 8.08. The average Bonchev–Trinajstić information content (AvgIpc) is 2.84. The van der Waals surface area contributed by atoms with E-state index in [1.165, 1.54) is 0 Å². The average molecular weight is 548 g/mol. The summed E-state index contributed by atoms with van der Waals surface area (Å²) in [6.45, 7) is 14.3. The van der Waals surface area contributed by atoms with Gasteiger partial charge in [-0.25, -0.2) is 13.2 Å². The van der Waals surface area contributed by atoms with E-state index in [2.05, 4.69) is 22.5 Å². The minimum absolute atomic E-state index is 0.0240. The van der Waals surface area contributed by atoms with Gasteiger partial charge in [-0.1, -0.05) is 78.5 Å². The predicted molar refractivity (Wildman–Crippen MR) is 148 cm³/mol. The van der Waals surface area contributed by atoms with Gasteiger partial charge in [0.05, 0.1) is 0 Å². The van der Waals surface area contributed by atoms with Gasteiger partial charge < -0.3 is 10.6 Å². The Morgan fingerprint density at radius 2 is 1.42 bits per heavy atom. The molecule has 10 heteroatoms. The minimum Gasteiger partial charge on any atom is -0.343 e. The molecule has 3 atom stereocenters. The van der Waals surface area contributed by atoms with Gasteiger partial charge in [0.15, 0.2) is 0 Å². The highest BCUT2D eigenvalue weighted by Gasteiger charge is 2.34. The van der Waals surface area contributed by atoms with Gasteiger partial charge in [-0.05, 0) is 36.2 Å². The van der Waals surface area contributed by atoms with Crippen LogP contribution in [0.3, 0.4) is 0 Å². The maximum absolute atomic E-state index is 13.4. The standard InChI is InChI=1S/C28H41N3O6S/c1-8-38(36,37)28(35)24(15-19(4)5)31-26(33)23(14-18(2)3)30-27(34)25(22(17-32)20(6)7)29-16-21-12-10-9-11-13-21/h8-13,18-20,23-25,29H,1,14-16H2,2-7H3,(H,30,34)(H,31,33)/t23-,24-,25-/m0/s1. The molecule has 0 aliphatic carbocycles. The lowest BCUT2D eigenvalue weighted by molar-refractivity contribution is -0.131. The second-order valence-electron chi connectivity index (χ2n) is 10.4. The molecule has 0 aromatic heterocycles. The number of rotatable bonds is 15. The summed E-state index contributed by atoms with van der Waals surface area (Å²) in [6, 6.07) is 5.91. The second kappa shape index (κ2) is 15.4. The summed E-state index contributed by atoms with van der Waals surface area (Å²) in [4.78, 5) is 51.2. The fraction of sp³-hybridized carbons (Fsp3) is 0.536. The zero-order valence-corrected chi connectivity index (χ0v) is 23.9. The molecule has 0 aliphatic heterocycles. The second-order valence-corrected chi connectivity index (χ2v) is 12.2. The largest absolute Gasteiger partial charge is 0.343 e. The van der Waals surface area contributed by atoms with Crippen LogP contribution in [-0.2, 0) is 35.6 Å². The Hall–Kier alpha value is -3.07. The summed E-state index contributed by atoms with van der Waals surface area (Å²) in [5.41, 5.74) is 1.10. The van der Waals surface area contributed by atoms with Crippen LogP contribution in [0.4, 0.5) is 0 Å². The molecule has 0 bridgehead atoms. The topological polar surface area (TPSA) is 139 Å². The third-order valence-corrected chi connectivity index (χ3v) is 7.10. The Labute approximate surface area is 226 Å². The molecular weight excluding hydrogens is 506 g/mol. The van der Waals surface area contributed by atoms with Crippen LogP contribution in [0.2, 0.25) is 0 Å². The Kier molecular flexibility index (Phi) is 13.3. The first-order valence-corrected chi connectivity index (χ1v) is 14.3. The van der Waals surface area contributed by atoms with Gasteiger partial charge in [0.1, 0.15) is 24.1 Å². The highest BCUT2D eigenvalue weighted by atomic mass is 32.2. The van der Waals surface area contributed by atoms with Crippen molar-refractivity contribution in [3.05, 3.63) is 53.5 Å². The number of benzene rings is 1. The van der Waals surface area contributed by atoms with Crippen LogP contribution in [0, 0.1) is 17.8 Å². The first-order chi connectivity index (χ1) is 17.7. The van der Waals surface area contributed by atoms with Crippen LogP contribution >= 0.6 is 0 Å². The van der Waals surface area contributed by atoms with Crippen LogP contribution in [0.1, 0.15) is 59.9 Å². The van der Waals surface area contributed by atoms with Crippen molar-refractivity contribution in [1.29, 1.82) is 0 Å². The molecule has 1 aromatic rings. The molecule has 210 valence electrons. The van der Waals surface area contributed by atoms with Gasteiger partial charge in [0, 0.05) is 17.5 Å². The SMILES string of the molecule is C=CS(=O)(=O)C(=O)[C@H](CC(C)C)NC(=O)[C@H](CC(C)C)NC(=O)[C@@H](NCc1ccccc1)C(=C=O)C(C)C. The maximum Gasteiger partial charge on any atom is 0.272 e. The first kappa shape index (κ1) is 33.0. The number of sulfone groups is 1. The van der Waals surface area contributed by atoms with Crippen LogP contribution in [0.25, 0.3) is 0 Å². The molecule has 0 spiro atoms. The predicted octanol–water partition coefficient (Wildman–Crippen LogP) is 2.71. The Morgan fingerprint density at radius 1 is 0.895 bits per heavy atom. The summed E-state index contributed by atoms with van der Waals surface area (Å²) >= 11 is 0. The van der Waals surface area contributed by atoms with E-state index in [0.717, 1.165) is 5.56 Å². The molecular formula is C28H41N3O6S. The van der Waals surface area contributed by atoms with Crippen molar-refractivity contribution in [2.24, 2.45) is 17.8 Å². The van der Waals surface area contributed by atoms with Crippen LogP contribution in [-0.4, -0.2) is 49.4 Å². The number of nitrogens with one attached hydrogen (secondary N) is 3. The van der Waals surface area contributed by atoms with Crippen LogP contribution < -0.4 is 16.0 Å². The quantitative estimate of drug-likeness (QED) is 0.287. The molecule has 9 nitrogen and oxygen atoms in total. The molecule has 0 saturated heterocycles.